The first-order valence-electron chi connectivity index (χ1n) is 13.5. The van der Waals surface area contributed by atoms with Crippen molar-refractivity contribution in [2.24, 2.45) is 5.10 Å². The zero-order chi connectivity index (χ0) is 27.2. The number of hydrogen-bond donors (Lipinski definition) is 2. The van der Waals surface area contributed by atoms with Gasteiger partial charge in [-0.25, -0.2) is 0 Å². The Bertz CT molecular complexity index is 1220. The first-order valence-corrected chi connectivity index (χ1v) is 14.7. The molecule has 1 aromatic rings. The molecule has 3 aliphatic rings. The van der Waals surface area contributed by atoms with Crippen LogP contribution in [0.4, 0.5) is 0 Å². The summed E-state index contributed by atoms with van der Waals surface area (Å²) in [6.07, 6.45) is 19.3. The van der Waals surface area contributed by atoms with Crippen molar-refractivity contribution in [3.63, 3.8) is 0 Å². The molecule has 2 N–H and O–H groups in total. The Morgan fingerprint density at radius 2 is 2.03 bits per heavy atom. The predicted molar refractivity (Wildman–Crippen MR) is 162 cm³/mol. The molecular formula is C31H41N5OS. The van der Waals surface area contributed by atoms with E-state index in [1.165, 1.54) is 29.0 Å². The molecule has 1 amide bonds. The third kappa shape index (κ3) is 6.44. The maximum Gasteiger partial charge on any atom is 0.251 e. The number of carbonyl (C=O) groups is 1. The number of nitrogens with zero attached hydrogens (tertiary/aromatic N) is 3. The Morgan fingerprint density at radius 1 is 1.26 bits per heavy atom. The van der Waals surface area contributed by atoms with Crippen LogP contribution in [0.5, 0.6) is 0 Å². The number of benzene rings is 1. The van der Waals surface area contributed by atoms with Crippen molar-refractivity contribution < 1.29 is 4.79 Å². The summed E-state index contributed by atoms with van der Waals surface area (Å²) in [4.78, 5) is 16.5. The molecule has 1 atom stereocenters. The van der Waals surface area contributed by atoms with Gasteiger partial charge in [-0.2, -0.15) is 5.10 Å². The van der Waals surface area contributed by atoms with E-state index >= 15 is 0 Å². The summed E-state index contributed by atoms with van der Waals surface area (Å²) < 4.78 is 0. The molecule has 1 aromatic carbocycles. The van der Waals surface area contributed by atoms with Crippen molar-refractivity contribution in [1.82, 2.24) is 20.5 Å². The second kappa shape index (κ2) is 12.6. The van der Waals surface area contributed by atoms with E-state index in [9.17, 15) is 4.79 Å². The van der Waals surface area contributed by atoms with E-state index in [-0.39, 0.29) is 11.9 Å². The van der Waals surface area contributed by atoms with E-state index in [1.807, 2.05) is 6.07 Å². The average molecular weight is 532 g/mol. The Hall–Kier alpha value is -3.19. The molecule has 1 saturated carbocycles. The fourth-order valence-electron chi connectivity index (χ4n) is 5.21. The van der Waals surface area contributed by atoms with E-state index in [2.05, 4.69) is 102 Å². The predicted octanol–water partition coefficient (Wildman–Crippen LogP) is 6.13. The molecule has 6 nitrogen and oxygen atoms in total. The van der Waals surface area contributed by atoms with Crippen molar-refractivity contribution in [3.05, 3.63) is 86.8 Å². The van der Waals surface area contributed by atoms with Crippen LogP contribution in [0.3, 0.4) is 0 Å². The second-order valence-electron chi connectivity index (χ2n) is 10.3. The lowest BCUT2D eigenvalue weighted by Gasteiger charge is -2.33. The molecule has 0 aromatic heterocycles. The molecule has 1 heterocycles. The number of thioether (sulfide) groups is 1. The summed E-state index contributed by atoms with van der Waals surface area (Å²) in [7, 11) is 1.69. The Labute approximate surface area is 232 Å². The molecular weight excluding hydrogens is 490 g/mol. The molecule has 1 fully saturated rings. The average Bonchev–Trinajstić information content (AvgIpc) is 3.76. The number of aryl methyl sites for hydroxylation is 1. The van der Waals surface area contributed by atoms with Gasteiger partial charge in [0, 0.05) is 61.2 Å². The van der Waals surface area contributed by atoms with Gasteiger partial charge in [0.05, 0.1) is 6.04 Å². The minimum Gasteiger partial charge on any atom is -0.378 e. The molecule has 7 heteroatoms. The molecule has 0 saturated heterocycles. The summed E-state index contributed by atoms with van der Waals surface area (Å²) >= 11 is 1.74. The fourth-order valence-corrected chi connectivity index (χ4v) is 5.79. The van der Waals surface area contributed by atoms with Crippen LogP contribution in [0, 0.1) is 6.92 Å². The largest absolute Gasteiger partial charge is 0.378 e. The third-order valence-electron chi connectivity index (χ3n) is 7.32. The number of hydrogen-bond acceptors (Lipinski definition) is 6. The number of carbonyl (C=O) groups excluding carboxylic acids is 1. The molecule has 1 aliphatic heterocycles. The summed E-state index contributed by atoms with van der Waals surface area (Å²) in [5.74, 6) is -0.0720. The summed E-state index contributed by atoms with van der Waals surface area (Å²) in [6, 6.07) is 4.71. The van der Waals surface area contributed by atoms with Crippen molar-refractivity contribution in [2.75, 3.05) is 26.4 Å². The first kappa shape index (κ1) is 27.8. The summed E-state index contributed by atoms with van der Waals surface area (Å²) in [6.45, 7) is 12.0. The van der Waals surface area contributed by atoms with Crippen LogP contribution in [0.25, 0.3) is 6.08 Å². The highest BCUT2D eigenvalue weighted by Crippen LogP contribution is 2.34. The normalized spacial score (nSPS) is 18.6. The number of hydrazone groups is 1. The molecule has 0 bridgehead atoms. The number of nitrogens with one attached hydrogen (secondary N) is 2. The van der Waals surface area contributed by atoms with Crippen molar-refractivity contribution in [2.45, 2.75) is 58.5 Å². The highest BCUT2D eigenvalue weighted by Gasteiger charge is 2.32. The molecule has 0 radical (unpaired) electrons. The zero-order valence-electron chi connectivity index (χ0n) is 23.4. The van der Waals surface area contributed by atoms with Gasteiger partial charge >= 0.3 is 0 Å². The molecule has 4 rings (SSSR count). The SMILES string of the molecule is C=NN(C1=C(C)CN(/C=C/c2c(C(=O)NC)cc(C)cc2[C@@H](C)NC2=C(SC)C=CCC=C2)CC1)C1CC1. The smallest absolute Gasteiger partial charge is 0.251 e. The molecule has 0 spiro atoms. The van der Waals surface area contributed by atoms with Crippen LogP contribution in [0.1, 0.15) is 72.6 Å². The highest BCUT2D eigenvalue weighted by atomic mass is 32.2. The fraction of sp³-hybridized carbons (Fsp3) is 0.419. The quantitative estimate of drug-likeness (QED) is 0.281. The van der Waals surface area contributed by atoms with E-state index in [1.54, 1.807) is 18.8 Å². The molecule has 38 heavy (non-hydrogen) atoms. The van der Waals surface area contributed by atoms with Gasteiger partial charge in [-0.15, -0.1) is 11.8 Å². The lowest BCUT2D eigenvalue weighted by atomic mass is 9.93. The van der Waals surface area contributed by atoms with Crippen molar-refractivity contribution >= 4 is 30.5 Å². The van der Waals surface area contributed by atoms with Crippen LogP contribution in [0.15, 0.2) is 69.6 Å². The van der Waals surface area contributed by atoms with Gasteiger partial charge in [-0.1, -0.05) is 24.3 Å². The lowest BCUT2D eigenvalue weighted by molar-refractivity contribution is 0.0962. The standard InChI is InChI=1S/C31H41N5OS/c1-21-18-26(23(3)34-28-10-8-7-9-11-30(28)38-6)25(27(19-21)31(37)32-4)14-16-35-17-15-29(22(2)20-35)36(33-5)24-12-13-24/h8-11,14,16,18-19,23-24,34H,5,7,12-13,15,17,20H2,1-4,6H3,(H,32,37)/b16-14+/t23-/m1/s1. The summed E-state index contributed by atoms with van der Waals surface area (Å²) in [5, 5.41) is 13.0. The monoisotopic (exact) mass is 531 g/mol. The Morgan fingerprint density at radius 3 is 2.68 bits per heavy atom. The van der Waals surface area contributed by atoms with E-state index in [0.717, 1.165) is 48.3 Å². The van der Waals surface area contributed by atoms with E-state index < -0.39 is 0 Å². The Kier molecular flexibility index (Phi) is 9.21. The van der Waals surface area contributed by atoms with Gasteiger partial charge in [0.1, 0.15) is 0 Å². The van der Waals surface area contributed by atoms with Gasteiger partial charge < -0.3 is 15.5 Å². The minimum absolute atomic E-state index is 0.00612. The Balaban J connectivity index is 1.64. The number of allylic oxidation sites excluding steroid dienone is 4. The van der Waals surface area contributed by atoms with Crippen LogP contribution >= 0.6 is 11.8 Å². The van der Waals surface area contributed by atoms with Gasteiger partial charge in [-0.3, -0.25) is 9.80 Å². The number of amides is 1. The summed E-state index contributed by atoms with van der Waals surface area (Å²) in [5.41, 5.74) is 7.58. The lowest BCUT2D eigenvalue weighted by Crippen LogP contribution is -2.32. The minimum atomic E-state index is -0.0720. The second-order valence-corrected chi connectivity index (χ2v) is 11.1. The van der Waals surface area contributed by atoms with Crippen molar-refractivity contribution in [1.29, 1.82) is 0 Å². The van der Waals surface area contributed by atoms with Crippen LogP contribution in [-0.4, -0.2) is 55.0 Å². The molecule has 0 unspecified atom stereocenters. The zero-order valence-corrected chi connectivity index (χ0v) is 24.2. The van der Waals surface area contributed by atoms with Gasteiger partial charge in [0.15, 0.2) is 0 Å². The van der Waals surface area contributed by atoms with Gasteiger partial charge in [0.2, 0.25) is 0 Å². The van der Waals surface area contributed by atoms with E-state index in [4.69, 9.17) is 0 Å². The first-order chi connectivity index (χ1) is 18.4. The van der Waals surface area contributed by atoms with Crippen LogP contribution in [-0.2, 0) is 0 Å². The topological polar surface area (TPSA) is 60.0 Å². The highest BCUT2D eigenvalue weighted by molar-refractivity contribution is 8.02. The third-order valence-corrected chi connectivity index (χ3v) is 8.12. The van der Waals surface area contributed by atoms with Crippen LogP contribution in [0.2, 0.25) is 0 Å². The van der Waals surface area contributed by atoms with Crippen LogP contribution < -0.4 is 10.6 Å². The van der Waals surface area contributed by atoms with Gasteiger partial charge in [-0.05, 0) is 93.0 Å². The van der Waals surface area contributed by atoms with E-state index in [0.29, 0.717) is 11.6 Å². The van der Waals surface area contributed by atoms with Crippen molar-refractivity contribution in [3.8, 4) is 0 Å². The maximum atomic E-state index is 13.0. The van der Waals surface area contributed by atoms with Gasteiger partial charge in [0.25, 0.3) is 5.91 Å². The number of rotatable bonds is 10. The molecule has 202 valence electrons. The maximum absolute atomic E-state index is 13.0. The molecule has 2 aliphatic carbocycles.